The third-order valence-electron chi connectivity index (χ3n) is 5.38. The summed E-state index contributed by atoms with van der Waals surface area (Å²) in [5.74, 6) is -0.886. The lowest BCUT2D eigenvalue weighted by Crippen LogP contribution is -2.22. The highest BCUT2D eigenvalue weighted by molar-refractivity contribution is 7.98. The van der Waals surface area contributed by atoms with Crippen LogP contribution in [-0.4, -0.2) is 14.5 Å². The fourth-order valence-electron chi connectivity index (χ4n) is 3.76. The Morgan fingerprint density at radius 2 is 1.82 bits per heavy atom. The van der Waals surface area contributed by atoms with Gasteiger partial charge in [-0.1, -0.05) is 54.2 Å². The number of aryl methyl sites for hydroxylation is 1. The molecule has 1 N–H and O–H groups in total. The maximum Gasteiger partial charge on any atom is 0.283 e. The number of thioether (sulfide) groups is 1. The van der Waals surface area contributed by atoms with Crippen LogP contribution in [0.3, 0.4) is 0 Å². The lowest BCUT2D eigenvalue weighted by Gasteiger charge is -2.13. The predicted octanol–water partition coefficient (Wildman–Crippen LogP) is 6.26. The van der Waals surface area contributed by atoms with E-state index >= 15 is 0 Å². The fraction of sp³-hybridized carbons (Fsp3) is 0.0769. The monoisotopic (exact) mass is 459 g/mol. The summed E-state index contributed by atoms with van der Waals surface area (Å²) < 4.78 is 29.4. The number of fused-ring (bicyclic) bond motifs is 1. The van der Waals surface area contributed by atoms with Crippen molar-refractivity contribution in [2.75, 3.05) is 0 Å². The second-order valence-corrected chi connectivity index (χ2v) is 8.63. The molecule has 2 heterocycles. The summed E-state index contributed by atoms with van der Waals surface area (Å²) in [6.45, 7) is 1.94. The first kappa shape index (κ1) is 21.2. The summed E-state index contributed by atoms with van der Waals surface area (Å²) in [5, 5.41) is 0.401. The van der Waals surface area contributed by atoms with Gasteiger partial charge in [0.05, 0.1) is 5.69 Å². The van der Waals surface area contributed by atoms with Crippen LogP contribution in [-0.2, 0) is 5.75 Å². The average Bonchev–Trinajstić information content (AvgIpc) is 3.24. The third-order valence-corrected chi connectivity index (χ3v) is 6.37. The van der Waals surface area contributed by atoms with Gasteiger partial charge in [-0.15, -0.1) is 0 Å². The van der Waals surface area contributed by atoms with Crippen LogP contribution in [0.5, 0.6) is 0 Å². The molecule has 0 amide bonds. The molecule has 3 aromatic carbocycles. The number of hydrogen-bond acceptors (Lipinski definition) is 3. The number of rotatable bonds is 5. The molecule has 164 valence electrons. The Bertz CT molecular complexity index is 1530. The molecule has 0 fully saturated rings. The normalized spacial score (nSPS) is 11.2. The van der Waals surface area contributed by atoms with Gasteiger partial charge in [0.1, 0.15) is 22.7 Å². The quantitative estimate of drug-likeness (QED) is 0.249. The topological polar surface area (TPSA) is 50.7 Å². The van der Waals surface area contributed by atoms with Crippen molar-refractivity contribution in [3.63, 3.8) is 0 Å². The summed E-state index contributed by atoms with van der Waals surface area (Å²) >= 11 is 1.19. The lowest BCUT2D eigenvalue weighted by atomic mass is 10.1. The molecule has 0 bridgehead atoms. The van der Waals surface area contributed by atoms with Crippen LogP contribution >= 0.6 is 11.8 Å². The van der Waals surface area contributed by atoms with Crippen molar-refractivity contribution in [2.24, 2.45) is 0 Å². The first-order valence-corrected chi connectivity index (χ1v) is 11.3. The molecule has 0 radical (unpaired) electrons. The number of aromatic nitrogens is 3. The summed E-state index contributed by atoms with van der Waals surface area (Å²) in [6.07, 6.45) is 1.77. The van der Waals surface area contributed by atoms with Crippen LogP contribution in [0.15, 0.2) is 88.9 Å². The number of halogens is 2. The first-order valence-electron chi connectivity index (χ1n) is 10.3. The molecule has 5 aromatic rings. The Hall–Kier alpha value is -3.71. The van der Waals surface area contributed by atoms with Crippen LogP contribution in [0, 0.1) is 18.6 Å². The summed E-state index contributed by atoms with van der Waals surface area (Å²) in [6, 6.07) is 20.6. The smallest absolute Gasteiger partial charge is 0.283 e. The van der Waals surface area contributed by atoms with Gasteiger partial charge in [0.25, 0.3) is 5.56 Å². The van der Waals surface area contributed by atoms with Crippen molar-refractivity contribution in [1.29, 1.82) is 0 Å². The highest BCUT2D eigenvalue weighted by Crippen LogP contribution is 2.30. The molecule has 7 heteroatoms. The van der Waals surface area contributed by atoms with Crippen LogP contribution in [0.2, 0.25) is 0 Å². The van der Waals surface area contributed by atoms with Gasteiger partial charge < -0.3 is 4.98 Å². The molecule has 0 atom stereocenters. The van der Waals surface area contributed by atoms with Gasteiger partial charge in [-0.2, -0.15) is 0 Å². The van der Waals surface area contributed by atoms with E-state index in [-0.39, 0.29) is 16.9 Å². The number of nitrogens with zero attached hydrogens (tertiary/aromatic N) is 2. The van der Waals surface area contributed by atoms with Gasteiger partial charge in [0.2, 0.25) is 0 Å². The Kier molecular flexibility index (Phi) is 5.56. The zero-order valence-corrected chi connectivity index (χ0v) is 18.5. The SMILES string of the molecule is Cc1cccc(-n2c(SCc3cc(F)ccc3F)nc3c(-c4ccccc4)c[nH]c3c2=O)c1. The minimum absolute atomic E-state index is 0.123. The lowest BCUT2D eigenvalue weighted by molar-refractivity contribution is 0.591. The molecule has 0 aliphatic heterocycles. The molecular formula is C26H19F2N3OS. The van der Waals surface area contributed by atoms with Gasteiger partial charge in [-0.3, -0.25) is 9.36 Å². The van der Waals surface area contributed by atoms with Crippen LogP contribution in [0.4, 0.5) is 8.78 Å². The van der Waals surface area contributed by atoms with Crippen molar-refractivity contribution in [3.05, 3.63) is 112 Å². The van der Waals surface area contributed by atoms with Crippen molar-refractivity contribution in [1.82, 2.24) is 14.5 Å². The van der Waals surface area contributed by atoms with E-state index in [1.807, 2.05) is 61.5 Å². The third kappa shape index (κ3) is 4.07. The standard InChI is InChI=1S/C26H19F2N3OS/c1-16-6-5-9-20(12-16)31-25(32)24-23(21(14-29-24)17-7-3-2-4-8-17)30-26(31)33-15-18-13-19(27)10-11-22(18)28/h2-14,29H,15H2,1H3. The number of benzene rings is 3. The molecule has 4 nitrogen and oxygen atoms in total. The van der Waals surface area contributed by atoms with Crippen molar-refractivity contribution < 1.29 is 8.78 Å². The van der Waals surface area contributed by atoms with Gasteiger partial charge in [0, 0.05) is 23.1 Å². The Balaban J connectivity index is 1.69. The highest BCUT2D eigenvalue weighted by Gasteiger charge is 2.18. The maximum absolute atomic E-state index is 14.2. The molecule has 5 rings (SSSR count). The van der Waals surface area contributed by atoms with Crippen LogP contribution < -0.4 is 5.56 Å². The van der Waals surface area contributed by atoms with E-state index in [4.69, 9.17) is 4.98 Å². The fourth-order valence-corrected chi connectivity index (χ4v) is 4.74. The molecule has 0 unspecified atom stereocenters. The molecule has 0 aliphatic carbocycles. The largest absolute Gasteiger partial charge is 0.355 e. The molecule has 0 saturated heterocycles. The van der Waals surface area contributed by atoms with Crippen LogP contribution in [0.25, 0.3) is 27.8 Å². The number of hydrogen-bond donors (Lipinski definition) is 1. The second-order valence-electron chi connectivity index (χ2n) is 7.69. The van der Waals surface area contributed by atoms with E-state index in [9.17, 15) is 13.6 Å². The minimum Gasteiger partial charge on any atom is -0.355 e. The van der Waals surface area contributed by atoms with E-state index in [0.717, 1.165) is 28.8 Å². The van der Waals surface area contributed by atoms with E-state index in [1.54, 1.807) is 6.20 Å². The molecule has 0 aliphatic rings. The number of nitrogens with one attached hydrogen (secondary N) is 1. The van der Waals surface area contributed by atoms with Crippen molar-refractivity contribution >= 4 is 22.8 Å². The predicted molar refractivity (Wildman–Crippen MR) is 128 cm³/mol. The zero-order chi connectivity index (χ0) is 22.9. The number of H-pyrrole nitrogens is 1. The maximum atomic E-state index is 14.2. The van der Waals surface area contributed by atoms with Gasteiger partial charge in [0.15, 0.2) is 5.16 Å². The molecule has 0 saturated carbocycles. The van der Waals surface area contributed by atoms with E-state index in [2.05, 4.69) is 4.98 Å². The highest BCUT2D eigenvalue weighted by atomic mass is 32.2. The first-order chi connectivity index (χ1) is 16.0. The van der Waals surface area contributed by atoms with Crippen LogP contribution in [0.1, 0.15) is 11.1 Å². The number of aromatic amines is 1. The second kappa shape index (κ2) is 8.67. The van der Waals surface area contributed by atoms with E-state index < -0.39 is 11.6 Å². The Morgan fingerprint density at radius 1 is 1.00 bits per heavy atom. The van der Waals surface area contributed by atoms with E-state index in [0.29, 0.717) is 21.9 Å². The van der Waals surface area contributed by atoms with Crippen molar-refractivity contribution in [2.45, 2.75) is 17.8 Å². The van der Waals surface area contributed by atoms with E-state index in [1.165, 1.54) is 22.4 Å². The Labute approximate surface area is 192 Å². The summed E-state index contributed by atoms with van der Waals surface area (Å²) in [5.41, 5.74) is 4.26. The van der Waals surface area contributed by atoms with Gasteiger partial charge in [-0.05, 0) is 48.4 Å². The van der Waals surface area contributed by atoms with Gasteiger partial charge >= 0.3 is 0 Å². The molecule has 0 spiro atoms. The Morgan fingerprint density at radius 3 is 2.61 bits per heavy atom. The zero-order valence-electron chi connectivity index (χ0n) is 17.7. The van der Waals surface area contributed by atoms with Crippen molar-refractivity contribution in [3.8, 4) is 16.8 Å². The minimum atomic E-state index is -0.511. The molecule has 33 heavy (non-hydrogen) atoms. The van der Waals surface area contributed by atoms with Gasteiger partial charge in [-0.25, -0.2) is 13.8 Å². The molecule has 2 aromatic heterocycles. The average molecular weight is 460 g/mol. The summed E-state index contributed by atoms with van der Waals surface area (Å²) in [7, 11) is 0. The molecular weight excluding hydrogens is 440 g/mol. The summed E-state index contributed by atoms with van der Waals surface area (Å²) in [4.78, 5) is 21.5.